The minimum absolute atomic E-state index is 1.02. The molecule has 19 heavy (non-hydrogen) atoms. The van der Waals surface area contributed by atoms with Crippen LogP contribution in [0.5, 0.6) is 0 Å². The van der Waals surface area contributed by atoms with Crippen molar-refractivity contribution < 1.29 is 0 Å². The van der Waals surface area contributed by atoms with E-state index in [1.165, 1.54) is 43.4 Å². The van der Waals surface area contributed by atoms with E-state index in [1.807, 2.05) is 0 Å². The fourth-order valence-corrected chi connectivity index (χ4v) is 3.51. The van der Waals surface area contributed by atoms with Gasteiger partial charge in [-0.15, -0.1) is 0 Å². The summed E-state index contributed by atoms with van der Waals surface area (Å²) in [6.07, 6.45) is 3.29. The van der Waals surface area contributed by atoms with Gasteiger partial charge in [-0.2, -0.15) is 0 Å². The monoisotopic (exact) mass is 312 g/mol. The molecule has 0 aromatic heterocycles. The van der Waals surface area contributed by atoms with Gasteiger partial charge in [-0.1, -0.05) is 57.4 Å². The largest absolute Gasteiger partial charge is 0.0584 e. The average molecular weight is 313 g/mol. The summed E-state index contributed by atoms with van der Waals surface area (Å²) in [4.78, 5) is 0. The van der Waals surface area contributed by atoms with Gasteiger partial charge in [-0.05, 0) is 54.7 Å². The average Bonchev–Trinajstić information content (AvgIpc) is 2.67. The third-order valence-corrected chi connectivity index (χ3v) is 4.22. The molecule has 0 atom stereocenters. The van der Waals surface area contributed by atoms with E-state index in [4.69, 9.17) is 0 Å². The Bertz CT molecular complexity index is 673. The zero-order valence-electron chi connectivity index (χ0n) is 11.5. The number of hydrogen-bond donors (Lipinski definition) is 0. The highest BCUT2D eigenvalue weighted by Gasteiger charge is 2.17. The second-order valence-electron chi connectivity index (χ2n) is 5.47. The second-order valence-corrected chi connectivity index (χ2v) is 6.49. The minimum atomic E-state index is 1.02. The summed E-state index contributed by atoms with van der Waals surface area (Å²) in [5, 5.41) is 0. The lowest BCUT2D eigenvalue weighted by Gasteiger charge is -2.13. The molecule has 96 valence electrons. The molecule has 0 aliphatic heterocycles. The zero-order chi connectivity index (χ0) is 13.6. The van der Waals surface area contributed by atoms with Crippen molar-refractivity contribution in [2.75, 3.05) is 0 Å². The number of benzene rings is 2. The molecule has 3 rings (SSSR count). The lowest BCUT2D eigenvalue weighted by molar-refractivity contribution is 1.28. The van der Waals surface area contributed by atoms with Gasteiger partial charge in [0.25, 0.3) is 0 Å². The Labute approximate surface area is 123 Å². The minimum Gasteiger partial charge on any atom is -0.0584 e. The first-order valence-electron chi connectivity index (χ1n) is 6.62. The predicted molar refractivity (Wildman–Crippen MR) is 86.7 cm³/mol. The van der Waals surface area contributed by atoms with Gasteiger partial charge in [-0.25, -0.2) is 0 Å². The Morgan fingerprint density at radius 3 is 2.32 bits per heavy atom. The van der Waals surface area contributed by atoms with E-state index >= 15 is 0 Å². The maximum atomic E-state index is 3.64. The molecular formula is C18H17Br. The number of hydrogen-bond acceptors (Lipinski definition) is 0. The summed E-state index contributed by atoms with van der Waals surface area (Å²) in [6.45, 7) is 6.54. The predicted octanol–water partition coefficient (Wildman–Crippen LogP) is 5.57. The normalized spacial score (nSPS) is 13.4. The number of allylic oxidation sites excluding steroid dienone is 1. The van der Waals surface area contributed by atoms with Gasteiger partial charge in [0.2, 0.25) is 0 Å². The molecule has 0 N–H and O–H groups in total. The van der Waals surface area contributed by atoms with Crippen LogP contribution in [0.15, 0.2) is 34.8 Å². The maximum absolute atomic E-state index is 3.64. The molecular weight excluding hydrogens is 296 g/mol. The molecule has 0 spiro atoms. The molecule has 1 heteroatoms. The van der Waals surface area contributed by atoms with Crippen LogP contribution < -0.4 is 0 Å². The lowest BCUT2D eigenvalue weighted by Crippen LogP contribution is -1.92. The van der Waals surface area contributed by atoms with E-state index in [0.29, 0.717) is 0 Å². The molecule has 0 saturated heterocycles. The second kappa shape index (κ2) is 4.64. The third kappa shape index (κ3) is 2.28. The van der Waals surface area contributed by atoms with E-state index in [0.717, 1.165) is 6.42 Å². The van der Waals surface area contributed by atoms with Gasteiger partial charge < -0.3 is 0 Å². The van der Waals surface area contributed by atoms with Crippen LogP contribution in [0.25, 0.3) is 17.2 Å². The van der Waals surface area contributed by atoms with Crippen LogP contribution in [0.4, 0.5) is 0 Å². The summed E-state index contributed by atoms with van der Waals surface area (Å²) >= 11 is 3.64. The van der Waals surface area contributed by atoms with Gasteiger partial charge in [0.05, 0.1) is 0 Å². The standard InChI is InChI=1S/C18H17Br/c1-11-6-12(2)8-15(7-11)18-13(3)4-5-14-9-16(19)10-17(14)18/h4-8,10H,9H2,1-3H3. The number of aryl methyl sites for hydroxylation is 3. The first-order chi connectivity index (χ1) is 9.04. The van der Waals surface area contributed by atoms with Crippen LogP contribution in [0.1, 0.15) is 27.8 Å². The summed E-state index contributed by atoms with van der Waals surface area (Å²) in [7, 11) is 0. The Kier molecular flexibility index (Phi) is 3.10. The summed E-state index contributed by atoms with van der Waals surface area (Å²) in [5.41, 5.74) is 9.54. The quantitative estimate of drug-likeness (QED) is 0.645. The van der Waals surface area contributed by atoms with Crippen molar-refractivity contribution in [3.05, 3.63) is 62.6 Å². The molecule has 1 aliphatic carbocycles. The summed E-state index contributed by atoms with van der Waals surface area (Å²) < 4.78 is 1.28. The van der Waals surface area contributed by atoms with Crippen LogP contribution in [0.2, 0.25) is 0 Å². The van der Waals surface area contributed by atoms with Crippen molar-refractivity contribution in [3.8, 4) is 11.1 Å². The van der Waals surface area contributed by atoms with Crippen LogP contribution in [0.3, 0.4) is 0 Å². The molecule has 1 aliphatic rings. The van der Waals surface area contributed by atoms with Crippen molar-refractivity contribution in [2.24, 2.45) is 0 Å². The highest BCUT2D eigenvalue weighted by Crippen LogP contribution is 2.38. The van der Waals surface area contributed by atoms with E-state index in [-0.39, 0.29) is 0 Å². The van der Waals surface area contributed by atoms with Crippen LogP contribution in [-0.4, -0.2) is 0 Å². The molecule has 0 bridgehead atoms. The van der Waals surface area contributed by atoms with Gasteiger partial charge in [0.1, 0.15) is 0 Å². The van der Waals surface area contributed by atoms with Crippen molar-refractivity contribution in [3.63, 3.8) is 0 Å². The van der Waals surface area contributed by atoms with Gasteiger partial charge >= 0.3 is 0 Å². The summed E-state index contributed by atoms with van der Waals surface area (Å²) in [5.74, 6) is 0. The van der Waals surface area contributed by atoms with E-state index in [2.05, 4.69) is 73.1 Å². The molecule has 0 amide bonds. The van der Waals surface area contributed by atoms with E-state index in [1.54, 1.807) is 0 Å². The number of rotatable bonds is 1. The fourth-order valence-electron chi connectivity index (χ4n) is 2.98. The smallest absolute Gasteiger partial charge is 0.00470 e. The van der Waals surface area contributed by atoms with Crippen LogP contribution in [-0.2, 0) is 6.42 Å². The molecule has 0 unspecified atom stereocenters. The van der Waals surface area contributed by atoms with E-state index in [9.17, 15) is 0 Å². The Hall–Kier alpha value is -1.34. The highest BCUT2D eigenvalue weighted by molar-refractivity contribution is 9.11. The maximum Gasteiger partial charge on any atom is 0.00470 e. The first kappa shape index (κ1) is 12.7. The molecule has 0 fully saturated rings. The van der Waals surface area contributed by atoms with Crippen LogP contribution >= 0.6 is 15.9 Å². The number of halogens is 1. The van der Waals surface area contributed by atoms with Crippen molar-refractivity contribution in [2.45, 2.75) is 27.2 Å². The van der Waals surface area contributed by atoms with Gasteiger partial charge in [-0.3, -0.25) is 0 Å². The fraction of sp³-hybridized carbons (Fsp3) is 0.222. The summed E-state index contributed by atoms with van der Waals surface area (Å²) in [6, 6.07) is 11.3. The molecule has 0 heterocycles. The topological polar surface area (TPSA) is 0 Å². The Morgan fingerprint density at radius 2 is 1.63 bits per heavy atom. The molecule has 0 saturated carbocycles. The molecule has 2 aromatic carbocycles. The SMILES string of the molecule is Cc1cc(C)cc(-c2c(C)ccc3c2C=C(Br)C3)c1. The number of fused-ring (bicyclic) bond motifs is 1. The van der Waals surface area contributed by atoms with Crippen molar-refractivity contribution in [1.29, 1.82) is 0 Å². The lowest BCUT2D eigenvalue weighted by atomic mass is 9.91. The van der Waals surface area contributed by atoms with E-state index < -0.39 is 0 Å². The van der Waals surface area contributed by atoms with Crippen LogP contribution in [0, 0.1) is 20.8 Å². The van der Waals surface area contributed by atoms with Crippen molar-refractivity contribution in [1.82, 2.24) is 0 Å². The molecule has 2 aromatic rings. The molecule has 0 nitrogen and oxygen atoms in total. The van der Waals surface area contributed by atoms with Gasteiger partial charge in [0, 0.05) is 10.9 Å². The third-order valence-electron chi connectivity index (χ3n) is 3.71. The molecule has 0 radical (unpaired) electrons. The van der Waals surface area contributed by atoms with Crippen molar-refractivity contribution >= 4 is 22.0 Å². The Balaban J connectivity index is 2.28. The highest BCUT2D eigenvalue weighted by atomic mass is 79.9. The van der Waals surface area contributed by atoms with Gasteiger partial charge in [0.15, 0.2) is 0 Å². The Morgan fingerprint density at radius 1 is 0.947 bits per heavy atom. The first-order valence-corrected chi connectivity index (χ1v) is 7.41. The zero-order valence-corrected chi connectivity index (χ0v) is 13.1.